The van der Waals surface area contributed by atoms with Crippen molar-refractivity contribution in [2.45, 2.75) is 51.6 Å². The van der Waals surface area contributed by atoms with Crippen LogP contribution in [0.2, 0.25) is 0 Å². The van der Waals surface area contributed by atoms with Crippen molar-refractivity contribution in [3.05, 3.63) is 45.4 Å². The number of nitrogens with zero attached hydrogens (tertiary/aromatic N) is 2. The summed E-state index contributed by atoms with van der Waals surface area (Å²) in [5.41, 5.74) is 4.27. The predicted molar refractivity (Wildman–Crippen MR) is 97.5 cm³/mol. The molecule has 1 aliphatic carbocycles. The molecule has 1 aromatic heterocycles. The van der Waals surface area contributed by atoms with Crippen molar-refractivity contribution in [2.75, 3.05) is 18.0 Å². The van der Waals surface area contributed by atoms with E-state index in [4.69, 9.17) is 4.98 Å². The van der Waals surface area contributed by atoms with Gasteiger partial charge in [0.2, 0.25) is 0 Å². The first-order valence-electron chi connectivity index (χ1n) is 8.76. The lowest BCUT2D eigenvalue weighted by atomic mass is 9.98. The van der Waals surface area contributed by atoms with Gasteiger partial charge in [0.25, 0.3) is 0 Å². The zero-order valence-electron chi connectivity index (χ0n) is 14.0. The summed E-state index contributed by atoms with van der Waals surface area (Å²) < 4.78 is 0. The second-order valence-corrected chi connectivity index (χ2v) is 8.05. The molecule has 0 radical (unpaired) electrons. The van der Waals surface area contributed by atoms with Crippen molar-refractivity contribution in [2.24, 2.45) is 0 Å². The molecule has 2 aliphatic rings. The van der Waals surface area contributed by atoms with Gasteiger partial charge >= 0.3 is 0 Å². The summed E-state index contributed by atoms with van der Waals surface area (Å²) in [6, 6.07) is 9.98. The number of anilines is 1. The highest BCUT2D eigenvalue weighted by molar-refractivity contribution is 7.11. The summed E-state index contributed by atoms with van der Waals surface area (Å²) >= 11 is 1.88. The molecule has 2 atom stereocenters. The normalized spacial score (nSPS) is 23.0. The lowest BCUT2D eigenvalue weighted by Gasteiger charge is -2.28. The minimum absolute atomic E-state index is 0.512. The fourth-order valence-electron chi connectivity index (χ4n) is 4.07. The Morgan fingerprint density at radius 2 is 2.22 bits per heavy atom. The molecule has 0 amide bonds. The van der Waals surface area contributed by atoms with Gasteiger partial charge in [0.15, 0.2) is 0 Å². The number of aryl methyl sites for hydroxylation is 2. The number of benzene rings is 1. The number of fused-ring (bicyclic) bond motifs is 2. The van der Waals surface area contributed by atoms with Gasteiger partial charge in [-0.05, 0) is 51.2 Å². The smallest absolute Gasteiger partial charge is 0.0900 e. The molecule has 0 bridgehead atoms. The topological polar surface area (TPSA) is 28.2 Å². The van der Waals surface area contributed by atoms with Gasteiger partial charge in [-0.15, -0.1) is 11.3 Å². The van der Waals surface area contributed by atoms with E-state index < -0.39 is 0 Å². The molecule has 3 nitrogen and oxygen atoms in total. The Balaban J connectivity index is 1.40. The first-order valence-corrected chi connectivity index (χ1v) is 9.58. The molecule has 0 saturated heterocycles. The van der Waals surface area contributed by atoms with E-state index in [2.05, 4.69) is 48.3 Å². The van der Waals surface area contributed by atoms with E-state index in [9.17, 15) is 0 Å². The van der Waals surface area contributed by atoms with Gasteiger partial charge in [0.1, 0.15) is 0 Å². The van der Waals surface area contributed by atoms with Gasteiger partial charge in [-0.3, -0.25) is 0 Å². The summed E-state index contributed by atoms with van der Waals surface area (Å²) in [7, 11) is 0. The van der Waals surface area contributed by atoms with Gasteiger partial charge in [0, 0.05) is 35.7 Å². The molecule has 1 N–H and O–H groups in total. The van der Waals surface area contributed by atoms with Crippen LogP contribution in [0.5, 0.6) is 0 Å². The minimum atomic E-state index is 0.512. The Kier molecular flexibility index (Phi) is 4.12. The predicted octanol–water partition coefficient (Wildman–Crippen LogP) is 3.87. The summed E-state index contributed by atoms with van der Waals surface area (Å²) in [4.78, 5) is 8.75. The van der Waals surface area contributed by atoms with Crippen LogP contribution in [0.15, 0.2) is 24.3 Å². The molecule has 0 saturated carbocycles. The first kappa shape index (κ1) is 15.2. The molecule has 23 heavy (non-hydrogen) atoms. The highest BCUT2D eigenvalue weighted by atomic mass is 32.1. The van der Waals surface area contributed by atoms with Crippen LogP contribution >= 0.6 is 11.3 Å². The average molecular weight is 327 g/mol. The minimum Gasteiger partial charge on any atom is -0.367 e. The van der Waals surface area contributed by atoms with Crippen molar-refractivity contribution in [1.82, 2.24) is 10.3 Å². The molecular formula is C19H25N3S. The number of para-hydroxylation sites is 1. The maximum Gasteiger partial charge on any atom is 0.0900 e. The number of thiazole rings is 1. The Bertz CT molecular complexity index is 694. The molecule has 2 heterocycles. The monoisotopic (exact) mass is 327 g/mol. The molecule has 2 aromatic rings. The lowest BCUT2D eigenvalue weighted by molar-refractivity contribution is 0.463. The van der Waals surface area contributed by atoms with Crippen LogP contribution in [-0.2, 0) is 12.8 Å². The van der Waals surface area contributed by atoms with Gasteiger partial charge in [-0.25, -0.2) is 4.98 Å². The van der Waals surface area contributed by atoms with Gasteiger partial charge in [0.05, 0.1) is 10.7 Å². The zero-order chi connectivity index (χ0) is 15.8. The van der Waals surface area contributed by atoms with E-state index in [1.807, 2.05) is 11.3 Å². The maximum atomic E-state index is 4.70. The number of rotatable bonds is 4. The van der Waals surface area contributed by atoms with Crippen LogP contribution in [0, 0.1) is 6.92 Å². The molecule has 122 valence electrons. The fourth-order valence-corrected chi connectivity index (χ4v) is 5.15. The lowest BCUT2D eigenvalue weighted by Crippen LogP contribution is -2.37. The molecule has 0 fully saturated rings. The third-order valence-electron chi connectivity index (χ3n) is 5.15. The van der Waals surface area contributed by atoms with Crippen LogP contribution < -0.4 is 10.2 Å². The van der Waals surface area contributed by atoms with Crippen molar-refractivity contribution >= 4 is 17.0 Å². The Hall–Kier alpha value is -1.39. The van der Waals surface area contributed by atoms with Crippen molar-refractivity contribution in [3.63, 3.8) is 0 Å². The first-order chi connectivity index (χ1) is 11.2. The molecule has 0 spiro atoms. The van der Waals surface area contributed by atoms with E-state index in [1.54, 1.807) is 0 Å². The van der Waals surface area contributed by atoms with Gasteiger partial charge in [-0.1, -0.05) is 18.2 Å². The quantitative estimate of drug-likeness (QED) is 0.924. The van der Waals surface area contributed by atoms with Crippen LogP contribution in [0.25, 0.3) is 0 Å². The van der Waals surface area contributed by atoms with Crippen molar-refractivity contribution in [1.29, 1.82) is 0 Å². The number of aromatic nitrogens is 1. The molecule has 1 aromatic carbocycles. The fraction of sp³-hybridized carbons (Fsp3) is 0.526. The van der Waals surface area contributed by atoms with Crippen molar-refractivity contribution in [3.8, 4) is 0 Å². The average Bonchev–Trinajstić information content (AvgIpc) is 3.07. The number of nitrogens with one attached hydrogen (secondary N) is 1. The highest BCUT2D eigenvalue weighted by Gasteiger charge is 2.26. The SMILES string of the molecule is Cc1nc2c(s1)C(NCCN1c3ccccc3CC1C)CCC2. The largest absolute Gasteiger partial charge is 0.367 e. The zero-order valence-corrected chi connectivity index (χ0v) is 14.8. The van der Waals surface area contributed by atoms with Crippen molar-refractivity contribution < 1.29 is 0 Å². The summed E-state index contributed by atoms with van der Waals surface area (Å²) in [6.45, 7) is 6.59. The Morgan fingerprint density at radius 3 is 3.13 bits per heavy atom. The molecule has 1 aliphatic heterocycles. The van der Waals surface area contributed by atoms with E-state index in [1.165, 1.54) is 46.1 Å². The van der Waals surface area contributed by atoms with Crippen LogP contribution in [-0.4, -0.2) is 24.1 Å². The van der Waals surface area contributed by atoms with Crippen LogP contribution in [0.4, 0.5) is 5.69 Å². The number of hydrogen-bond donors (Lipinski definition) is 1. The standard InChI is InChI=1S/C19H25N3S/c1-13-12-15-6-3-4-9-18(15)22(13)11-10-20-16-7-5-8-17-19(16)23-14(2)21-17/h3-4,6,9,13,16,20H,5,7-8,10-12H2,1-2H3. The maximum absolute atomic E-state index is 4.70. The third kappa shape index (κ3) is 2.90. The molecular weight excluding hydrogens is 302 g/mol. The molecule has 4 heteroatoms. The van der Waals surface area contributed by atoms with E-state index in [0.717, 1.165) is 19.5 Å². The number of hydrogen-bond acceptors (Lipinski definition) is 4. The van der Waals surface area contributed by atoms with E-state index in [0.29, 0.717) is 12.1 Å². The van der Waals surface area contributed by atoms with Crippen LogP contribution in [0.3, 0.4) is 0 Å². The van der Waals surface area contributed by atoms with Crippen LogP contribution in [0.1, 0.15) is 46.9 Å². The summed E-state index contributed by atoms with van der Waals surface area (Å²) in [5.74, 6) is 0. The summed E-state index contributed by atoms with van der Waals surface area (Å²) in [5, 5.41) is 5.01. The van der Waals surface area contributed by atoms with E-state index in [-0.39, 0.29) is 0 Å². The highest BCUT2D eigenvalue weighted by Crippen LogP contribution is 2.34. The Morgan fingerprint density at radius 1 is 1.35 bits per heavy atom. The summed E-state index contributed by atoms with van der Waals surface area (Å²) in [6.07, 6.45) is 4.85. The second kappa shape index (κ2) is 6.25. The van der Waals surface area contributed by atoms with Gasteiger partial charge in [-0.2, -0.15) is 0 Å². The Labute approximate surface area is 142 Å². The molecule has 2 unspecified atom stereocenters. The van der Waals surface area contributed by atoms with E-state index >= 15 is 0 Å². The van der Waals surface area contributed by atoms with Gasteiger partial charge < -0.3 is 10.2 Å². The molecule has 4 rings (SSSR count). The second-order valence-electron chi connectivity index (χ2n) is 6.82. The third-order valence-corrected chi connectivity index (χ3v) is 6.28.